The quantitative estimate of drug-likeness (QED) is 0.919. The fourth-order valence-corrected chi connectivity index (χ4v) is 1.64. The van der Waals surface area contributed by atoms with Crippen molar-refractivity contribution in [1.82, 2.24) is 4.98 Å². The van der Waals surface area contributed by atoms with Gasteiger partial charge in [-0.25, -0.2) is 9.78 Å². The third kappa shape index (κ3) is 1.99. The van der Waals surface area contributed by atoms with Crippen LogP contribution in [0.4, 0.5) is 0 Å². The smallest absolute Gasteiger partial charge is 0.374 e. The molecule has 0 radical (unpaired) electrons. The number of carbonyl (C=O) groups is 1. The summed E-state index contributed by atoms with van der Waals surface area (Å²) in [4.78, 5) is 15.0. The Bertz CT molecular complexity index is 531. The van der Waals surface area contributed by atoms with Crippen LogP contribution in [0.25, 0.3) is 11.3 Å². The summed E-state index contributed by atoms with van der Waals surface area (Å²) in [6.07, 6.45) is 0. The minimum Gasteiger partial charge on any atom is -0.475 e. The minimum absolute atomic E-state index is 0.125. The van der Waals surface area contributed by atoms with E-state index in [1.807, 2.05) is 12.1 Å². The van der Waals surface area contributed by atoms with E-state index in [0.29, 0.717) is 11.6 Å². The summed E-state index contributed by atoms with van der Waals surface area (Å²) in [6, 6.07) is 7.22. The predicted octanol–water partition coefficient (Wildman–Crippen LogP) is 3.11. The number of carboxylic acids is 1. The molecule has 82 valence electrons. The number of halogens is 1. The standard InChI is InChI=1S/C11H8BrNO3/c1-6-13-9(10(16-6)11(14)15)7-2-4-8(12)5-3-7/h2-5H,1H3,(H,14,15). The van der Waals surface area contributed by atoms with Gasteiger partial charge >= 0.3 is 5.97 Å². The van der Waals surface area contributed by atoms with Crippen LogP contribution in [0.15, 0.2) is 33.2 Å². The van der Waals surface area contributed by atoms with E-state index in [0.717, 1.165) is 10.0 Å². The van der Waals surface area contributed by atoms with Crippen LogP contribution in [0.5, 0.6) is 0 Å². The molecule has 0 aliphatic heterocycles. The lowest BCUT2D eigenvalue weighted by Gasteiger charge is -1.97. The highest BCUT2D eigenvalue weighted by Gasteiger charge is 2.19. The zero-order valence-corrected chi connectivity index (χ0v) is 9.98. The van der Waals surface area contributed by atoms with Crippen molar-refractivity contribution >= 4 is 21.9 Å². The fourth-order valence-electron chi connectivity index (χ4n) is 1.38. The zero-order chi connectivity index (χ0) is 11.7. The van der Waals surface area contributed by atoms with Gasteiger partial charge in [0.15, 0.2) is 5.89 Å². The summed E-state index contributed by atoms with van der Waals surface area (Å²) >= 11 is 3.31. The van der Waals surface area contributed by atoms with Crippen molar-refractivity contribution in [2.75, 3.05) is 0 Å². The molecule has 1 N–H and O–H groups in total. The molecule has 5 heteroatoms. The number of aromatic carboxylic acids is 1. The Morgan fingerprint density at radius 1 is 1.38 bits per heavy atom. The lowest BCUT2D eigenvalue weighted by molar-refractivity contribution is 0.0662. The number of rotatable bonds is 2. The summed E-state index contributed by atoms with van der Waals surface area (Å²) in [5.41, 5.74) is 1.08. The number of aromatic nitrogens is 1. The van der Waals surface area contributed by atoms with E-state index in [1.54, 1.807) is 19.1 Å². The van der Waals surface area contributed by atoms with Crippen molar-refractivity contribution < 1.29 is 14.3 Å². The predicted molar refractivity (Wildman–Crippen MR) is 61.3 cm³/mol. The minimum atomic E-state index is -1.11. The van der Waals surface area contributed by atoms with Crippen LogP contribution in [0.2, 0.25) is 0 Å². The van der Waals surface area contributed by atoms with Gasteiger partial charge in [-0.2, -0.15) is 0 Å². The van der Waals surface area contributed by atoms with Gasteiger partial charge in [0.25, 0.3) is 0 Å². The number of oxazole rings is 1. The fraction of sp³-hybridized carbons (Fsp3) is 0.0909. The first kappa shape index (κ1) is 10.9. The molecule has 0 aliphatic rings. The molecule has 0 saturated heterocycles. The Balaban J connectivity index is 2.55. The van der Waals surface area contributed by atoms with Gasteiger partial charge < -0.3 is 9.52 Å². The molecule has 0 fully saturated rings. The first-order chi connectivity index (χ1) is 7.58. The molecule has 0 aliphatic carbocycles. The van der Waals surface area contributed by atoms with Gasteiger partial charge in [-0.15, -0.1) is 0 Å². The van der Waals surface area contributed by atoms with E-state index >= 15 is 0 Å². The van der Waals surface area contributed by atoms with Gasteiger partial charge in [0.2, 0.25) is 5.76 Å². The molecule has 1 aromatic carbocycles. The third-order valence-corrected chi connectivity index (χ3v) is 2.57. The number of hydrogen-bond acceptors (Lipinski definition) is 3. The normalized spacial score (nSPS) is 10.4. The van der Waals surface area contributed by atoms with Crippen molar-refractivity contribution in [1.29, 1.82) is 0 Å². The first-order valence-corrected chi connectivity index (χ1v) is 5.34. The van der Waals surface area contributed by atoms with E-state index < -0.39 is 5.97 Å². The summed E-state index contributed by atoms with van der Waals surface area (Å²) < 4.78 is 5.96. The highest BCUT2D eigenvalue weighted by Crippen LogP contribution is 2.25. The lowest BCUT2D eigenvalue weighted by Crippen LogP contribution is -1.96. The first-order valence-electron chi connectivity index (χ1n) is 4.54. The number of hydrogen-bond donors (Lipinski definition) is 1. The van der Waals surface area contributed by atoms with E-state index in [9.17, 15) is 4.79 Å². The molecule has 2 rings (SSSR count). The third-order valence-electron chi connectivity index (χ3n) is 2.05. The summed E-state index contributed by atoms with van der Waals surface area (Å²) in [5, 5.41) is 8.95. The van der Waals surface area contributed by atoms with Crippen LogP contribution in [0.1, 0.15) is 16.4 Å². The summed E-state index contributed by atoms with van der Waals surface area (Å²) in [7, 11) is 0. The van der Waals surface area contributed by atoms with E-state index in [1.165, 1.54) is 0 Å². The number of aryl methyl sites for hydroxylation is 1. The second-order valence-corrected chi connectivity index (χ2v) is 4.14. The van der Waals surface area contributed by atoms with Gasteiger partial charge in [0.1, 0.15) is 5.69 Å². The molecule has 0 atom stereocenters. The molecular formula is C11H8BrNO3. The van der Waals surface area contributed by atoms with E-state index in [4.69, 9.17) is 9.52 Å². The Kier molecular flexibility index (Phi) is 2.78. The molecule has 16 heavy (non-hydrogen) atoms. The van der Waals surface area contributed by atoms with Crippen molar-refractivity contribution in [3.63, 3.8) is 0 Å². The maximum Gasteiger partial charge on any atom is 0.374 e. The van der Waals surface area contributed by atoms with Gasteiger partial charge in [-0.05, 0) is 12.1 Å². The zero-order valence-electron chi connectivity index (χ0n) is 8.40. The topological polar surface area (TPSA) is 63.3 Å². The van der Waals surface area contributed by atoms with Crippen molar-refractivity contribution in [2.24, 2.45) is 0 Å². The maximum absolute atomic E-state index is 10.9. The monoisotopic (exact) mass is 281 g/mol. The molecule has 0 saturated carbocycles. The van der Waals surface area contributed by atoms with Gasteiger partial charge in [0, 0.05) is 17.0 Å². The SMILES string of the molecule is Cc1nc(-c2ccc(Br)cc2)c(C(=O)O)o1. The maximum atomic E-state index is 10.9. The molecule has 4 nitrogen and oxygen atoms in total. The van der Waals surface area contributed by atoms with Crippen LogP contribution >= 0.6 is 15.9 Å². The van der Waals surface area contributed by atoms with Crippen LogP contribution in [-0.2, 0) is 0 Å². The van der Waals surface area contributed by atoms with Gasteiger partial charge in [0.05, 0.1) is 0 Å². The second kappa shape index (κ2) is 4.09. The summed E-state index contributed by atoms with van der Waals surface area (Å²) in [6.45, 7) is 1.62. The highest BCUT2D eigenvalue weighted by atomic mass is 79.9. The Morgan fingerprint density at radius 3 is 2.56 bits per heavy atom. The van der Waals surface area contributed by atoms with Crippen molar-refractivity contribution in [2.45, 2.75) is 6.92 Å². The second-order valence-electron chi connectivity index (χ2n) is 3.22. The van der Waals surface area contributed by atoms with Gasteiger partial charge in [-0.3, -0.25) is 0 Å². The molecule has 0 amide bonds. The van der Waals surface area contributed by atoms with E-state index in [-0.39, 0.29) is 5.76 Å². The van der Waals surface area contributed by atoms with Crippen molar-refractivity contribution in [3.05, 3.63) is 40.4 Å². The van der Waals surface area contributed by atoms with Crippen molar-refractivity contribution in [3.8, 4) is 11.3 Å². The molecule has 0 bridgehead atoms. The largest absolute Gasteiger partial charge is 0.475 e. The Labute approximate surface area is 100 Å². The molecule has 0 spiro atoms. The Morgan fingerprint density at radius 2 is 2.00 bits per heavy atom. The number of carboxylic acid groups (broad SMARTS) is 1. The molecule has 1 heterocycles. The number of benzene rings is 1. The van der Waals surface area contributed by atoms with Gasteiger partial charge in [-0.1, -0.05) is 28.1 Å². The van der Waals surface area contributed by atoms with Crippen LogP contribution in [-0.4, -0.2) is 16.1 Å². The molecule has 2 aromatic rings. The van der Waals surface area contributed by atoms with Crippen LogP contribution in [0, 0.1) is 6.92 Å². The molecule has 0 unspecified atom stereocenters. The average molecular weight is 282 g/mol. The number of nitrogens with zero attached hydrogens (tertiary/aromatic N) is 1. The lowest BCUT2D eigenvalue weighted by atomic mass is 10.1. The molecular weight excluding hydrogens is 274 g/mol. The van der Waals surface area contributed by atoms with Crippen LogP contribution < -0.4 is 0 Å². The van der Waals surface area contributed by atoms with Crippen LogP contribution in [0.3, 0.4) is 0 Å². The molecule has 1 aromatic heterocycles. The Hall–Kier alpha value is -1.62. The van der Waals surface area contributed by atoms with E-state index in [2.05, 4.69) is 20.9 Å². The highest BCUT2D eigenvalue weighted by molar-refractivity contribution is 9.10. The summed E-state index contributed by atoms with van der Waals surface area (Å²) in [5.74, 6) is -0.895. The average Bonchev–Trinajstić information content (AvgIpc) is 2.61.